The van der Waals surface area contributed by atoms with Crippen LogP contribution >= 0.6 is 0 Å². The van der Waals surface area contributed by atoms with Crippen molar-refractivity contribution in [3.63, 3.8) is 0 Å². The highest BCUT2D eigenvalue weighted by molar-refractivity contribution is 5.80. The monoisotopic (exact) mass is 465 g/mol. The molecular weight excluding hydrogens is 440 g/mol. The number of amides is 1. The van der Waals surface area contributed by atoms with Gasteiger partial charge in [-0.05, 0) is 44.6 Å². The van der Waals surface area contributed by atoms with Crippen molar-refractivity contribution in [3.8, 4) is 0 Å². The molecule has 0 saturated heterocycles. The maximum absolute atomic E-state index is 13.3. The Kier molecular flexibility index (Phi) is 6.62. The van der Waals surface area contributed by atoms with Crippen molar-refractivity contribution in [2.45, 2.75) is 71.4 Å². The molecule has 32 heavy (non-hydrogen) atoms. The van der Waals surface area contributed by atoms with Crippen LogP contribution in [0.15, 0.2) is 6.07 Å². The van der Waals surface area contributed by atoms with Gasteiger partial charge in [0.15, 0.2) is 11.4 Å². The normalized spacial score (nSPS) is 16.2. The van der Waals surface area contributed by atoms with Crippen LogP contribution in [0, 0.1) is 12.8 Å². The molecule has 2 aromatic rings. The van der Waals surface area contributed by atoms with Crippen LogP contribution in [0.25, 0.3) is 0 Å². The molecule has 2 aromatic heterocycles. The third kappa shape index (κ3) is 4.93. The van der Waals surface area contributed by atoms with E-state index in [0.717, 1.165) is 6.07 Å². The molecule has 2 atom stereocenters. The largest absolute Gasteiger partial charge is 0.435 e. The van der Waals surface area contributed by atoms with Crippen LogP contribution in [0.2, 0.25) is 0 Å². The highest BCUT2D eigenvalue weighted by Gasteiger charge is 2.41. The Hall–Kier alpha value is -2.53. The Labute approximate surface area is 181 Å². The van der Waals surface area contributed by atoms with Crippen LogP contribution in [-0.4, -0.2) is 32.0 Å². The highest BCUT2D eigenvalue weighted by Crippen LogP contribution is 2.38. The first-order valence-corrected chi connectivity index (χ1v) is 10.4. The van der Waals surface area contributed by atoms with Crippen molar-refractivity contribution in [1.82, 2.24) is 24.9 Å². The molecule has 0 saturated carbocycles. The number of carbonyl (C=O) groups excluding carboxylic acids is 1. The number of carbonyl (C=O) groups is 1. The topological polar surface area (TPSA) is 64.7 Å². The number of nitrogens with one attached hydrogen (secondary N) is 1. The Morgan fingerprint density at radius 3 is 2.41 bits per heavy atom. The van der Waals surface area contributed by atoms with E-state index in [1.165, 1.54) is 16.3 Å². The molecular formula is C20H25F6N5O. The van der Waals surface area contributed by atoms with E-state index in [2.05, 4.69) is 15.5 Å². The summed E-state index contributed by atoms with van der Waals surface area (Å²) in [5, 5.41) is 10.0. The zero-order chi connectivity index (χ0) is 23.8. The smallest absolute Gasteiger partial charge is 0.354 e. The zero-order valence-corrected chi connectivity index (χ0v) is 17.9. The van der Waals surface area contributed by atoms with E-state index in [4.69, 9.17) is 0 Å². The Bertz CT molecular complexity index is 975. The van der Waals surface area contributed by atoms with Crippen LogP contribution < -0.4 is 5.32 Å². The fourth-order valence-corrected chi connectivity index (χ4v) is 4.01. The molecule has 2 heterocycles. The minimum absolute atomic E-state index is 0.131. The van der Waals surface area contributed by atoms with Crippen molar-refractivity contribution in [2.24, 2.45) is 5.92 Å². The molecule has 0 aromatic carbocycles. The van der Waals surface area contributed by atoms with E-state index < -0.39 is 35.7 Å². The number of aromatic nitrogens is 4. The molecule has 6 nitrogen and oxygen atoms in total. The quantitative estimate of drug-likeness (QED) is 0.620. The first-order chi connectivity index (χ1) is 14.8. The lowest BCUT2D eigenvalue weighted by atomic mass is 10.1. The maximum Gasteiger partial charge on any atom is 0.435 e. The summed E-state index contributed by atoms with van der Waals surface area (Å²) >= 11 is 0. The van der Waals surface area contributed by atoms with Gasteiger partial charge in [0.1, 0.15) is 6.04 Å². The summed E-state index contributed by atoms with van der Waals surface area (Å²) in [5.41, 5.74) is -0.968. The highest BCUT2D eigenvalue weighted by atomic mass is 19.4. The van der Waals surface area contributed by atoms with Gasteiger partial charge in [-0.25, -0.2) is 0 Å². The van der Waals surface area contributed by atoms with Gasteiger partial charge < -0.3 is 5.32 Å². The molecule has 0 fully saturated rings. The van der Waals surface area contributed by atoms with Crippen molar-refractivity contribution in [2.75, 3.05) is 6.54 Å². The van der Waals surface area contributed by atoms with Crippen molar-refractivity contribution in [1.29, 1.82) is 0 Å². The summed E-state index contributed by atoms with van der Waals surface area (Å²) in [6.45, 7) is 5.22. The average Bonchev–Trinajstić information content (AvgIpc) is 3.36. The molecule has 0 aliphatic heterocycles. The van der Waals surface area contributed by atoms with E-state index in [1.54, 1.807) is 13.8 Å². The number of hydrogen-bond donors (Lipinski definition) is 1. The fourth-order valence-electron chi connectivity index (χ4n) is 4.01. The number of rotatable bonds is 7. The second kappa shape index (κ2) is 8.78. The van der Waals surface area contributed by atoms with Crippen LogP contribution in [-0.2, 0) is 36.5 Å². The average molecular weight is 465 g/mol. The molecule has 178 valence electrons. The number of aryl methyl sites for hydroxylation is 1. The summed E-state index contributed by atoms with van der Waals surface area (Å²) in [7, 11) is 0. The summed E-state index contributed by atoms with van der Waals surface area (Å²) < 4.78 is 80.9. The molecule has 1 amide bonds. The van der Waals surface area contributed by atoms with Crippen molar-refractivity contribution < 1.29 is 31.1 Å². The first-order valence-electron chi connectivity index (χ1n) is 10.4. The number of fused-ring (bicyclic) bond motifs is 1. The molecule has 1 aliphatic carbocycles. The standard InChI is InChI=1S/C20H25F6N5O/c1-4-14(31-15-7-5-6-13(15)17(29-31)20(24,25)26)18(32)27-9-11(2)10-30-12(3)8-16(28-30)19(21,22)23/h8,11,14H,4-7,9-10H2,1-3H3,(H,27,32)/t11-,14-/m1/s1. The second-order valence-electron chi connectivity index (χ2n) is 8.19. The molecule has 0 radical (unpaired) electrons. The molecule has 1 aliphatic rings. The number of alkyl halides is 6. The second-order valence-corrected chi connectivity index (χ2v) is 8.19. The van der Waals surface area contributed by atoms with Crippen molar-refractivity contribution in [3.05, 3.63) is 34.4 Å². The Morgan fingerprint density at radius 1 is 1.16 bits per heavy atom. The van der Waals surface area contributed by atoms with E-state index in [1.807, 2.05) is 0 Å². The third-order valence-electron chi connectivity index (χ3n) is 5.59. The SMILES string of the molecule is CC[C@H](C(=O)NC[C@@H](C)Cn1nc(C(F)(F)F)cc1C)n1nc(C(F)(F)F)c2c1CCC2. The van der Waals surface area contributed by atoms with E-state index in [9.17, 15) is 31.1 Å². The lowest BCUT2D eigenvalue weighted by Crippen LogP contribution is -2.37. The summed E-state index contributed by atoms with van der Waals surface area (Å²) in [6, 6.07) is 0.0583. The summed E-state index contributed by atoms with van der Waals surface area (Å²) in [5.74, 6) is -0.733. The van der Waals surface area contributed by atoms with E-state index in [-0.39, 0.29) is 37.4 Å². The third-order valence-corrected chi connectivity index (χ3v) is 5.59. The van der Waals surface area contributed by atoms with Crippen LogP contribution in [0.4, 0.5) is 26.3 Å². The molecule has 0 spiro atoms. The fraction of sp³-hybridized carbons (Fsp3) is 0.650. The van der Waals surface area contributed by atoms with Crippen LogP contribution in [0.3, 0.4) is 0 Å². The number of halogens is 6. The van der Waals surface area contributed by atoms with Gasteiger partial charge in [-0.3, -0.25) is 14.2 Å². The maximum atomic E-state index is 13.3. The van der Waals surface area contributed by atoms with Gasteiger partial charge in [0.25, 0.3) is 0 Å². The molecule has 0 unspecified atom stereocenters. The number of hydrogen-bond acceptors (Lipinski definition) is 3. The molecule has 0 bridgehead atoms. The molecule has 3 rings (SSSR count). The minimum Gasteiger partial charge on any atom is -0.354 e. The minimum atomic E-state index is -4.58. The predicted molar refractivity (Wildman–Crippen MR) is 103 cm³/mol. The van der Waals surface area contributed by atoms with Gasteiger partial charge >= 0.3 is 12.4 Å². The van der Waals surface area contributed by atoms with Crippen molar-refractivity contribution >= 4 is 5.91 Å². The number of nitrogens with zero attached hydrogens (tertiary/aromatic N) is 4. The van der Waals surface area contributed by atoms with Gasteiger partial charge in [0.05, 0.1) is 0 Å². The van der Waals surface area contributed by atoms with Gasteiger partial charge in [-0.15, -0.1) is 0 Å². The lowest BCUT2D eigenvalue weighted by Gasteiger charge is -2.20. The summed E-state index contributed by atoms with van der Waals surface area (Å²) in [4.78, 5) is 12.8. The first kappa shape index (κ1) is 24.1. The van der Waals surface area contributed by atoms with Crippen LogP contribution in [0.5, 0.6) is 0 Å². The zero-order valence-electron chi connectivity index (χ0n) is 17.9. The van der Waals surface area contributed by atoms with Crippen LogP contribution in [0.1, 0.15) is 61.1 Å². The Morgan fingerprint density at radius 2 is 1.84 bits per heavy atom. The van der Waals surface area contributed by atoms with Gasteiger partial charge in [-0.2, -0.15) is 36.5 Å². The van der Waals surface area contributed by atoms with E-state index in [0.29, 0.717) is 24.2 Å². The van der Waals surface area contributed by atoms with Gasteiger partial charge in [0, 0.05) is 30.0 Å². The summed E-state index contributed by atoms with van der Waals surface area (Å²) in [6.07, 6.45) is -7.59. The molecule has 12 heteroatoms. The van der Waals surface area contributed by atoms with Gasteiger partial charge in [-0.1, -0.05) is 13.8 Å². The lowest BCUT2D eigenvalue weighted by molar-refractivity contribution is -0.143. The van der Waals surface area contributed by atoms with Gasteiger partial charge in [0.2, 0.25) is 5.91 Å². The van der Waals surface area contributed by atoms with E-state index >= 15 is 0 Å². The molecule has 1 N–H and O–H groups in total. The predicted octanol–water partition coefficient (Wildman–Crippen LogP) is 4.32. The Balaban J connectivity index is 1.67.